The normalized spacial score (nSPS) is 18.8. The summed E-state index contributed by atoms with van der Waals surface area (Å²) in [5, 5.41) is 3.49. The van der Waals surface area contributed by atoms with Crippen LogP contribution in [-0.2, 0) is 0 Å². The maximum atomic E-state index is 3.49. The third-order valence-electron chi connectivity index (χ3n) is 3.06. The first-order valence-corrected chi connectivity index (χ1v) is 6.61. The van der Waals surface area contributed by atoms with Crippen molar-refractivity contribution in [1.82, 2.24) is 10.2 Å². The number of nitrogens with one attached hydrogen (secondary N) is 1. The van der Waals surface area contributed by atoms with E-state index in [1.165, 1.54) is 32.4 Å². The molecule has 0 saturated heterocycles. The van der Waals surface area contributed by atoms with Crippen molar-refractivity contribution in [2.24, 2.45) is 5.92 Å². The van der Waals surface area contributed by atoms with Crippen LogP contribution in [0.2, 0.25) is 0 Å². The Morgan fingerprint density at radius 3 is 2.40 bits per heavy atom. The van der Waals surface area contributed by atoms with Gasteiger partial charge in [-0.05, 0) is 45.2 Å². The third-order valence-corrected chi connectivity index (χ3v) is 3.06. The lowest BCUT2D eigenvalue weighted by Crippen LogP contribution is -2.35. The molecular formula is C13H28N2. The first-order valence-electron chi connectivity index (χ1n) is 6.61. The fourth-order valence-corrected chi connectivity index (χ4v) is 2.14. The summed E-state index contributed by atoms with van der Waals surface area (Å²) in [6, 6.07) is 1.59. The average molecular weight is 212 g/mol. The van der Waals surface area contributed by atoms with E-state index in [1.54, 1.807) is 0 Å². The Balaban J connectivity index is 2.19. The summed E-state index contributed by atoms with van der Waals surface area (Å²) in [5.41, 5.74) is 0. The van der Waals surface area contributed by atoms with E-state index in [4.69, 9.17) is 0 Å². The van der Waals surface area contributed by atoms with E-state index in [2.05, 4.69) is 37.9 Å². The molecule has 15 heavy (non-hydrogen) atoms. The maximum absolute atomic E-state index is 3.49. The summed E-state index contributed by atoms with van der Waals surface area (Å²) in [7, 11) is 0. The highest BCUT2D eigenvalue weighted by Gasteiger charge is 2.28. The number of nitrogens with zero attached hydrogens (tertiary/aromatic N) is 1. The topological polar surface area (TPSA) is 15.3 Å². The van der Waals surface area contributed by atoms with Crippen LogP contribution in [-0.4, -0.2) is 36.6 Å². The number of hydrogen-bond donors (Lipinski definition) is 1. The van der Waals surface area contributed by atoms with Crippen molar-refractivity contribution in [3.05, 3.63) is 0 Å². The van der Waals surface area contributed by atoms with Crippen molar-refractivity contribution < 1.29 is 0 Å². The van der Waals surface area contributed by atoms with Gasteiger partial charge in [0.1, 0.15) is 0 Å². The molecule has 1 atom stereocenters. The van der Waals surface area contributed by atoms with Crippen LogP contribution in [0.5, 0.6) is 0 Å². The lowest BCUT2D eigenvalue weighted by atomic mass is 10.1. The largest absolute Gasteiger partial charge is 0.314 e. The lowest BCUT2D eigenvalue weighted by Gasteiger charge is -2.25. The van der Waals surface area contributed by atoms with Gasteiger partial charge in [-0.25, -0.2) is 0 Å². The molecule has 1 fully saturated rings. The fraction of sp³-hybridized carbons (Fsp3) is 1.00. The molecule has 0 aromatic heterocycles. The minimum absolute atomic E-state index is 0.670. The first-order chi connectivity index (χ1) is 7.13. The predicted molar refractivity (Wildman–Crippen MR) is 67.2 cm³/mol. The molecule has 0 heterocycles. The molecule has 1 aliphatic rings. The zero-order valence-corrected chi connectivity index (χ0v) is 10.9. The van der Waals surface area contributed by atoms with Crippen LogP contribution in [0.15, 0.2) is 0 Å². The van der Waals surface area contributed by atoms with Gasteiger partial charge >= 0.3 is 0 Å². The van der Waals surface area contributed by atoms with Gasteiger partial charge in [0.2, 0.25) is 0 Å². The molecule has 0 radical (unpaired) electrons. The van der Waals surface area contributed by atoms with Crippen LogP contribution in [0.25, 0.3) is 0 Å². The predicted octanol–water partition coefficient (Wildman–Crippen LogP) is 2.49. The standard InChI is InChI=1S/C13H28N2/c1-5-14-12(4)8-9-15(10-11(2)3)13-6-7-13/h11-14H,5-10H2,1-4H3. The second-order valence-electron chi connectivity index (χ2n) is 5.37. The van der Waals surface area contributed by atoms with Gasteiger partial charge < -0.3 is 10.2 Å². The van der Waals surface area contributed by atoms with Crippen molar-refractivity contribution in [3.63, 3.8) is 0 Å². The quantitative estimate of drug-likeness (QED) is 0.665. The second kappa shape index (κ2) is 6.49. The molecule has 0 amide bonds. The van der Waals surface area contributed by atoms with Gasteiger partial charge in [0, 0.05) is 18.6 Å². The van der Waals surface area contributed by atoms with Crippen LogP contribution in [0.3, 0.4) is 0 Å². The Morgan fingerprint density at radius 2 is 1.93 bits per heavy atom. The van der Waals surface area contributed by atoms with Gasteiger partial charge in [0.25, 0.3) is 0 Å². The molecule has 0 aromatic carbocycles. The highest BCUT2D eigenvalue weighted by molar-refractivity contribution is 4.85. The summed E-state index contributed by atoms with van der Waals surface area (Å²) < 4.78 is 0. The van der Waals surface area contributed by atoms with Gasteiger partial charge in [-0.3, -0.25) is 0 Å². The summed E-state index contributed by atoms with van der Waals surface area (Å²) in [4.78, 5) is 2.69. The smallest absolute Gasteiger partial charge is 0.00965 e. The van der Waals surface area contributed by atoms with Crippen LogP contribution in [0.1, 0.15) is 47.0 Å². The summed E-state index contributed by atoms with van der Waals surface area (Å²) in [6.07, 6.45) is 4.15. The highest BCUT2D eigenvalue weighted by atomic mass is 15.2. The first kappa shape index (κ1) is 13.0. The molecule has 0 aliphatic heterocycles. The fourth-order valence-electron chi connectivity index (χ4n) is 2.14. The summed E-state index contributed by atoms with van der Waals surface area (Å²) in [5.74, 6) is 0.806. The van der Waals surface area contributed by atoms with Crippen molar-refractivity contribution in [3.8, 4) is 0 Å². The monoisotopic (exact) mass is 212 g/mol. The van der Waals surface area contributed by atoms with Gasteiger partial charge in [-0.15, -0.1) is 0 Å². The number of hydrogen-bond acceptors (Lipinski definition) is 2. The van der Waals surface area contributed by atoms with Crippen LogP contribution >= 0.6 is 0 Å². The van der Waals surface area contributed by atoms with E-state index >= 15 is 0 Å². The SMILES string of the molecule is CCNC(C)CCN(CC(C)C)C1CC1. The van der Waals surface area contributed by atoms with E-state index in [0.717, 1.165) is 18.5 Å². The van der Waals surface area contributed by atoms with Crippen LogP contribution in [0, 0.1) is 5.92 Å². The molecule has 1 saturated carbocycles. The van der Waals surface area contributed by atoms with E-state index in [9.17, 15) is 0 Å². The van der Waals surface area contributed by atoms with E-state index < -0.39 is 0 Å². The second-order valence-corrected chi connectivity index (χ2v) is 5.37. The molecule has 2 nitrogen and oxygen atoms in total. The van der Waals surface area contributed by atoms with Crippen LogP contribution < -0.4 is 5.32 Å². The molecule has 0 spiro atoms. The molecule has 90 valence electrons. The van der Waals surface area contributed by atoms with E-state index in [-0.39, 0.29) is 0 Å². The third kappa shape index (κ3) is 5.53. The van der Waals surface area contributed by atoms with Gasteiger partial charge in [-0.2, -0.15) is 0 Å². The van der Waals surface area contributed by atoms with Crippen molar-refractivity contribution >= 4 is 0 Å². The Morgan fingerprint density at radius 1 is 1.27 bits per heavy atom. The highest BCUT2D eigenvalue weighted by Crippen LogP contribution is 2.27. The van der Waals surface area contributed by atoms with Crippen LogP contribution in [0.4, 0.5) is 0 Å². The molecule has 0 aromatic rings. The molecular weight excluding hydrogens is 184 g/mol. The van der Waals surface area contributed by atoms with Crippen molar-refractivity contribution in [2.75, 3.05) is 19.6 Å². The average Bonchev–Trinajstić information content (AvgIpc) is 2.95. The van der Waals surface area contributed by atoms with Gasteiger partial charge in [0.05, 0.1) is 0 Å². The van der Waals surface area contributed by atoms with E-state index in [1.807, 2.05) is 0 Å². The molecule has 1 aliphatic carbocycles. The number of rotatable bonds is 8. The zero-order valence-electron chi connectivity index (χ0n) is 10.9. The van der Waals surface area contributed by atoms with E-state index in [0.29, 0.717) is 6.04 Å². The van der Waals surface area contributed by atoms with Gasteiger partial charge in [-0.1, -0.05) is 20.8 Å². The molecule has 2 heteroatoms. The summed E-state index contributed by atoms with van der Waals surface area (Å²) >= 11 is 0. The summed E-state index contributed by atoms with van der Waals surface area (Å²) in [6.45, 7) is 12.8. The Kier molecular flexibility index (Phi) is 5.62. The molecule has 0 bridgehead atoms. The lowest BCUT2D eigenvalue weighted by molar-refractivity contribution is 0.223. The van der Waals surface area contributed by atoms with Crippen molar-refractivity contribution in [2.45, 2.75) is 59.0 Å². The molecule has 1 rings (SSSR count). The Labute approximate surface area is 95.4 Å². The zero-order chi connectivity index (χ0) is 11.3. The minimum atomic E-state index is 0.670. The Bertz CT molecular complexity index is 164. The maximum Gasteiger partial charge on any atom is 0.00965 e. The minimum Gasteiger partial charge on any atom is -0.314 e. The molecule has 1 unspecified atom stereocenters. The molecule has 1 N–H and O–H groups in total. The van der Waals surface area contributed by atoms with Gasteiger partial charge in [0.15, 0.2) is 0 Å². The van der Waals surface area contributed by atoms with Crippen molar-refractivity contribution in [1.29, 1.82) is 0 Å². The Hall–Kier alpha value is -0.0800.